The summed E-state index contributed by atoms with van der Waals surface area (Å²) in [7, 11) is 0. The number of aromatic nitrogens is 2. The van der Waals surface area contributed by atoms with Crippen molar-refractivity contribution in [3.63, 3.8) is 0 Å². The summed E-state index contributed by atoms with van der Waals surface area (Å²) in [5, 5.41) is 0. The normalized spacial score (nSPS) is 9.95. The zero-order valence-corrected chi connectivity index (χ0v) is 12.3. The van der Waals surface area contributed by atoms with Gasteiger partial charge in [-0.25, -0.2) is 0 Å². The summed E-state index contributed by atoms with van der Waals surface area (Å²) >= 11 is 0. The molecule has 1 aromatic heterocycles. The Bertz CT molecular complexity index is 647. The number of hydrogen-bond donors (Lipinski definition) is 0. The van der Waals surface area contributed by atoms with Crippen LogP contribution >= 0.6 is 0 Å². The van der Waals surface area contributed by atoms with E-state index in [0.29, 0.717) is 0 Å². The summed E-state index contributed by atoms with van der Waals surface area (Å²) in [5.74, 6) is 0.456. The van der Waals surface area contributed by atoms with Crippen molar-refractivity contribution in [1.29, 1.82) is 0 Å². The summed E-state index contributed by atoms with van der Waals surface area (Å²) < 4.78 is 14.8. The van der Waals surface area contributed by atoms with Gasteiger partial charge in [0.15, 0.2) is 0 Å². The molecule has 0 aliphatic carbocycles. The fourth-order valence-electron chi connectivity index (χ4n) is 1.84. The number of rotatable bonds is 2. The molecular formula is C15H10FIrN2-. The Balaban J connectivity index is 0.00000133. The molecule has 0 N–H and O–H groups in total. The summed E-state index contributed by atoms with van der Waals surface area (Å²) in [6, 6.07) is 17.2. The molecule has 2 aromatic carbocycles. The summed E-state index contributed by atoms with van der Waals surface area (Å²) in [6.45, 7) is 0. The molecule has 3 rings (SSSR count). The van der Waals surface area contributed by atoms with Crippen LogP contribution in [-0.2, 0) is 20.1 Å². The van der Waals surface area contributed by atoms with E-state index in [1.54, 1.807) is 12.3 Å². The number of para-hydroxylation sites is 1. The molecule has 97 valence electrons. The largest absolute Gasteiger partial charge is 0.340 e. The quantitative estimate of drug-likeness (QED) is 0.571. The average Bonchev–Trinajstić information content (AvgIpc) is 2.90. The van der Waals surface area contributed by atoms with Crippen molar-refractivity contribution in [2.24, 2.45) is 0 Å². The first kappa shape index (κ1) is 13.7. The van der Waals surface area contributed by atoms with Gasteiger partial charge in [0.25, 0.3) is 0 Å². The third kappa shape index (κ3) is 2.80. The fourth-order valence-corrected chi connectivity index (χ4v) is 1.84. The van der Waals surface area contributed by atoms with Gasteiger partial charge in [0.2, 0.25) is 0 Å². The maximum Gasteiger partial charge on any atom is 0.0602 e. The minimum Gasteiger partial charge on any atom is -0.340 e. The van der Waals surface area contributed by atoms with Crippen LogP contribution in [0.15, 0.2) is 60.9 Å². The molecule has 0 aliphatic rings. The van der Waals surface area contributed by atoms with E-state index < -0.39 is 0 Å². The van der Waals surface area contributed by atoms with E-state index in [4.69, 9.17) is 0 Å². The third-order valence-corrected chi connectivity index (χ3v) is 2.69. The first-order chi connectivity index (χ1) is 8.84. The number of halogens is 1. The summed E-state index contributed by atoms with van der Waals surface area (Å²) in [6.07, 6.45) is 3.60. The first-order valence-corrected chi connectivity index (χ1v) is 5.61. The summed E-state index contributed by atoms with van der Waals surface area (Å²) in [4.78, 5) is 4.30. The standard InChI is InChI=1S/C15H10FN2.Ir/c16-13-8-6-12(7-9-13)15-17-10-11-18(15)14-4-2-1-3-5-14;/h1-6,8-11H;/q-1;. The zero-order chi connectivity index (χ0) is 12.4. The van der Waals surface area contributed by atoms with E-state index in [-0.39, 0.29) is 25.9 Å². The van der Waals surface area contributed by atoms with Crippen molar-refractivity contribution in [2.45, 2.75) is 0 Å². The van der Waals surface area contributed by atoms with E-state index in [0.717, 1.165) is 17.1 Å². The molecular weight excluding hydrogens is 419 g/mol. The van der Waals surface area contributed by atoms with Gasteiger partial charge in [-0.15, -0.1) is 29.8 Å². The minimum absolute atomic E-state index is 0. The number of benzene rings is 2. The first-order valence-electron chi connectivity index (χ1n) is 5.61. The van der Waals surface area contributed by atoms with Crippen LogP contribution in [0.1, 0.15) is 0 Å². The van der Waals surface area contributed by atoms with Crippen LogP contribution in [0.25, 0.3) is 17.1 Å². The van der Waals surface area contributed by atoms with E-state index >= 15 is 0 Å². The Morgan fingerprint density at radius 1 is 1.05 bits per heavy atom. The molecule has 19 heavy (non-hydrogen) atoms. The van der Waals surface area contributed by atoms with Crippen LogP contribution in [0.5, 0.6) is 0 Å². The van der Waals surface area contributed by atoms with Crippen molar-refractivity contribution >= 4 is 0 Å². The maximum absolute atomic E-state index is 12.9. The van der Waals surface area contributed by atoms with Crippen LogP contribution in [0.4, 0.5) is 4.39 Å². The molecule has 2 nitrogen and oxygen atoms in total. The van der Waals surface area contributed by atoms with Gasteiger partial charge < -0.3 is 4.57 Å². The van der Waals surface area contributed by atoms with Crippen molar-refractivity contribution < 1.29 is 24.5 Å². The second-order valence-electron chi connectivity index (χ2n) is 3.88. The van der Waals surface area contributed by atoms with Gasteiger partial charge in [-0.2, -0.15) is 0 Å². The van der Waals surface area contributed by atoms with E-state index in [1.165, 1.54) is 12.1 Å². The topological polar surface area (TPSA) is 17.8 Å². The molecule has 0 saturated heterocycles. The number of nitrogens with zero attached hydrogens (tertiary/aromatic N) is 2. The van der Waals surface area contributed by atoms with Crippen LogP contribution in [0.2, 0.25) is 0 Å². The molecule has 1 heterocycles. The van der Waals surface area contributed by atoms with Gasteiger partial charge in [0.05, 0.1) is 5.82 Å². The number of imidazole rings is 1. The predicted molar refractivity (Wildman–Crippen MR) is 67.8 cm³/mol. The van der Waals surface area contributed by atoms with Gasteiger partial charge in [0.1, 0.15) is 0 Å². The second-order valence-corrected chi connectivity index (χ2v) is 3.88. The van der Waals surface area contributed by atoms with Gasteiger partial charge in [-0.3, -0.25) is 9.37 Å². The smallest absolute Gasteiger partial charge is 0.0602 e. The van der Waals surface area contributed by atoms with Crippen LogP contribution in [0, 0.1) is 11.9 Å². The van der Waals surface area contributed by atoms with E-state index in [1.807, 2.05) is 41.1 Å². The molecule has 0 aliphatic heterocycles. The van der Waals surface area contributed by atoms with Crippen molar-refractivity contribution in [3.05, 3.63) is 72.8 Å². The molecule has 0 spiro atoms. The monoisotopic (exact) mass is 430 g/mol. The molecule has 0 saturated carbocycles. The van der Waals surface area contributed by atoms with Gasteiger partial charge >= 0.3 is 0 Å². The molecule has 0 unspecified atom stereocenters. The van der Waals surface area contributed by atoms with Gasteiger partial charge in [-0.1, -0.05) is 18.2 Å². The third-order valence-electron chi connectivity index (χ3n) is 2.69. The van der Waals surface area contributed by atoms with Crippen LogP contribution in [-0.4, -0.2) is 9.55 Å². The molecule has 0 amide bonds. The molecule has 0 bridgehead atoms. The van der Waals surface area contributed by atoms with E-state index in [9.17, 15) is 4.39 Å². The second kappa shape index (κ2) is 5.91. The maximum atomic E-state index is 12.9. The van der Waals surface area contributed by atoms with Gasteiger partial charge in [-0.05, 0) is 12.1 Å². The Hall–Kier alpha value is -1.77. The van der Waals surface area contributed by atoms with Crippen molar-refractivity contribution in [3.8, 4) is 17.1 Å². The SMILES string of the molecule is Fc1c[c-]c(-c2nccn2-c2ccccc2)cc1.[Ir]. The zero-order valence-electron chi connectivity index (χ0n) is 9.88. The van der Waals surface area contributed by atoms with Crippen molar-refractivity contribution in [2.75, 3.05) is 0 Å². The Labute approximate surface area is 124 Å². The molecule has 3 aromatic rings. The molecule has 0 fully saturated rings. The molecule has 0 atom stereocenters. The fraction of sp³-hybridized carbons (Fsp3) is 0. The average molecular weight is 429 g/mol. The minimum atomic E-state index is -0.295. The van der Waals surface area contributed by atoms with E-state index in [2.05, 4.69) is 11.1 Å². The molecule has 4 heteroatoms. The molecule has 1 radical (unpaired) electrons. The van der Waals surface area contributed by atoms with Gasteiger partial charge in [0, 0.05) is 44.0 Å². The van der Waals surface area contributed by atoms with Crippen LogP contribution in [0.3, 0.4) is 0 Å². The Morgan fingerprint density at radius 2 is 1.84 bits per heavy atom. The number of hydrogen-bond acceptors (Lipinski definition) is 1. The van der Waals surface area contributed by atoms with Crippen molar-refractivity contribution in [1.82, 2.24) is 9.55 Å². The van der Waals surface area contributed by atoms with Crippen LogP contribution < -0.4 is 0 Å². The Kier molecular flexibility index (Phi) is 4.25. The Morgan fingerprint density at radius 3 is 2.53 bits per heavy atom. The predicted octanol–water partition coefficient (Wildman–Crippen LogP) is 3.48. The summed E-state index contributed by atoms with van der Waals surface area (Å²) in [5.41, 5.74) is 1.79.